The highest BCUT2D eigenvalue weighted by atomic mass is 32.2. The van der Waals surface area contributed by atoms with E-state index >= 15 is 0 Å². The monoisotopic (exact) mass is 348 g/mol. The Bertz CT molecular complexity index is 612. The molecule has 0 spiro atoms. The molecule has 1 heterocycles. The van der Waals surface area contributed by atoms with Crippen LogP contribution in [0.15, 0.2) is 52.0 Å². The first-order chi connectivity index (χ1) is 11.6. The Hall–Kier alpha value is -1.92. The number of carbonyl (C=O) groups is 1. The van der Waals surface area contributed by atoms with E-state index in [1.165, 1.54) is 11.8 Å². The third-order valence-electron chi connectivity index (χ3n) is 3.49. The molecule has 0 saturated carbocycles. The molecule has 24 heavy (non-hydrogen) atoms. The number of nitrogens with zero attached hydrogens (tertiary/aromatic N) is 1. The maximum Gasteiger partial charge on any atom is 0.230 e. The fourth-order valence-electron chi connectivity index (χ4n) is 2.23. The topological polar surface area (TPSA) is 54.7 Å². The minimum atomic E-state index is 0.00675. The van der Waals surface area contributed by atoms with Crippen LogP contribution in [0.4, 0.5) is 0 Å². The van der Waals surface area contributed by atoms with E-state index in [9.17, 15) is 4.79 Å². The van der Waals surface area contributed by atoms with Gasteiger partial charge in [-0.3, -0.25) is 9.69 Å². The summed E-state index contributed by atoms with van der Waals surface area (Å²) in [6.45, 7) is 3.12. The number of thioether (sulfide) groups is 1. The molecular formula is C18H24N2O3S. The second-order valence-electron chi connectivity index (χ2n) is 5.49. The van der Waals surface area contributed by atoms with Crippen LogP contribution in [-0.4, -0.2) is 43.8 Å². The summed E-state index contributed by atoms with van der Waals surface area (Å²) in [5.41, 5.74) is 0. The molecule has 0 saturated heterocycles. The smallest absolute Gasteiger partial charge is 0.230 e. The van der Waals surface area contributed by atoms with E-state index in [2.05, 4.69) is 5.32 Å². The number of furan rings is 1. The molecule has 2 rings (SSSR count). The second kappa shape index (κ2) is 9.39. The molecular weight excluding hydrogens is 324 g/mol. The van der Waals surface area contributed by atoms with Gasteiger partial charge in [-0.15, -0.1) is 11.8 Å². The average Bonchev–Trinajstić information content (AvgIpc) is 3.08. The van der Waals surface area contributed by atoms with E-state index in [1.807, 2.05) is 62.3 Å². The van der Waals surface area contributed by atoms with Crippen molar-refractivity contribution < 1.29 is 13.9 Å². The van der Waals surface area contributed by atoms with Crippen LogP contribution in [0.3, 0.4) is 0 Å². The fourth-order valence-corrected chi connectivity index (χ4v) is 2.96. The maximum absolute atomic E-state index is 12.1. The standard InChI is InChI=1S/C18H24N2O3S/c1-4-22-14-7-9-15(10-8-14)24-13-18(21)19-12-16(20(2)3)17-6-5-11-23-17/h5-11,16H,4,12-13H2,1-3H3,(H,19,21). The van der Waals surface area contributed by atoms with E-state index in [4.69, 9.17) is 9.15 Å². The molecule has 2 aromatic rings. The molecule has 0 bridgehead atoms. The molecule has 0 aliphatic carbocycles. The first-order valence-electron chi connectivity index (χ1n) is 7.92. The molecule has 0 fully saturated rings. The zero-order valence-corrected chi connectivity index (χ0v) is 15.1. The lowest BCUT2D eigenvalue weighted by Gasteiger charge is -2.22. The van der Waals surface area contributed by atoms with Gasteiger partial charge in [-0.2, -0.15) is 0 Å². The van der Waals surface area contributed by atoms with E-state index in [-0.39, 0.29) is 11.9 Å². The summed E-state index contributed by atoms with van der Waals surface area (Å²) in [4.78, 5) is 15.1. The molecule has 0 aliphatic heterocycles. The summed E-state index contributed by atoms with van der Waals surface area (Å²) in [5, 5.41) is 2.97. The first kappa shape index (κ1) is 18.4. The van der Waals surface area contributed by atoms with Crippen molar-refractivity contribution in [2.24, 2.45) is 0 Å². The van der Waals surface area contributed by atoms with Crippen LogP contribution in [0.1, 0.15) is 18.7 Å². The zero-order valence-electron chi connectivity index (χ0n) is 14.3. The molecule has 1 atom stereocenters. The van der Waals surface area contributed by atoms with Crippen molar-refractivity contribution in [2.45, 2.75) is 17.9 Å². The molecule has 6 heteroatoms. The van der Waals surface area contributed by atoms with Crippen molar-refractivity contribution >= 4 is 17.7 Å². The first-order valence-corrected chi connectivity index (χ1v) is 8.91. The SMILES string of the molecule is CCOc1ccc(SCC(=O)NCC(c2ccco2)N(C)C)cc1. The van der Waals surface area contributed by atoms with Gasteiger partial charge in [0.1, 0.15) is 11.5 Å². The van der Waals surface area contributed by atoms with Crippen LogP contribution in [0, 0.1) is 0 Å². The number of hydrogen-bond donors (Lipinski definition) is 1. The van der Waals surface area contributed by atoms with Gasteiger partial charge in [0.25, 0.3) is 0 Å². The number of nitrogens with one attached hydrogen (secondary N) is 1. The Kier molecular flexibility index (Phi) is 7.21. The number of amides is 1. The van der Waals surface area contributed by atoms with Gasteiger partial charge >= 0.3 is 0 Å². The fraction of sp³-hybridized carbons (Fsp3) is 0.389. The molecule has 130 valence electrons. The maximum atomic E-state index is 12.1. The predicted molar refractivity (Wildman–Crippen MR) is 96.5 cm³/mol. The van der Waals surface area contributed by atoms with Crippen LogP contribution >= 0.6 is 11.8 Å². The molecule has 1 aromatic heterocycles. The second-order valence-corrected chi connectivity index (χ2v) is 6.54. The number of rotatable bonds is 9. The van der Waals surface area contributed by atoms with E-state index in [0.29, 0.717) is 18.9 Å². The molecule has 0 aliphatic rings. The molecule has 0 radical (unpaired) electrons. The van der Waals surface area contributed by atoms with Crippen LogP contribution in [0.5, 0.6) is 5.75 Å². The van der Waals surface area contributed by atoms with Crippen LogP contribution < -0.4 is 10.1 Å². The minimum Gasteiger partial charge on any atom is -0.494 e. The molecule has 5 nitrogen and oxygen atoms in total. The quantitative estimate of drug-likeness (QED) is 0.705. The van der Waals surface area contributed by atoms with Gasteiger partial charge in [0.2, 0.25) is 5.91 Å². The lowest BCUT2D eigenvalue weighted by molar-refractivity contribution is -0.118. The lowest BCUT2D eigenvalue weighted by atomic mass is 10.2. The largest absolute Gasteiger partial charge is 0.494 e. The normalized spacial score (nSPS) is 12.2. The lowest BCUT2D eigenvalue weighted by Crippen LogP contribution is -2.35. The summed E-state index contributed by atoms with van der Waals surface area (Å²) >= 11 is 1.51. The van der Waals surface area contributed by atoms with E-state index in [1.54, 1.807) is 6.26 Å². The summed E-state index contributed by atoms with van der Waals surface area (Å²) in [7, 11) is 3.93. The summed E-state index contributed by atoms with van der Waals surface area (Å²) in [5.74, 6) is 2.08. The summed E-state index contributed by atoms with van der Waals surface area (Å²) in [6.07, 6.45) is 1.65. The van der Waals surface area contributed by atoms with Gasteiger partial charge in [-0.25, -0.2) is 0 Å². The van der Waals surface area contributed by atoms with Crippen molar-refractivity contribution in [2.75, 3.05) is 33.0 Å². The molecule has 1 unspecified atom stereocenters. The van der Waals surface area contributed by atoms with Crippen molar-refractivity contribution in [3.05, 3.63) is 48.4 Å². The third kappa shape index (κ3) is 5.62. The molecule has 1 aromatic carbocycles. The number of benzene rings is 1. The third-order valence-corrected chi connectivity index (χ3v) is 4.50. The summed E-state index contributed by atoms with van der Waals surface area (Å²) in [6, 6.07) is 11.6. The van der Waals surface area contributed by atoms with Crippen LogP contribution in [0.25, 0.3) is 0 Å². The van der Waals surface area contributed by atoms with Crippen molar-refractivity contribution in [1.82, 2.24) is 10.2 Å². The Morgan fingerprint density at radius 3 is 2.62 bits per heavy atom. The van der Waals surface area contributed by atoms with Crippen LogP contribution in [-0.2, 0) is 4.79 Å². The Labute approximate surface area is 147 Å². The van der Waals surface area contributed by atoms with Crippen molar-refractivity contribution in [3.8, 4) is 5.75 Å². The van der Waals surface area contributed by atoms with Crippen LogP contribution in [0.2, 0.25) is 0 Å². The van der Waals surface area contributed by atoms with Gasteiger partial charge in [0.15, 0.2) is 0 Å². The number of ether oxygens (including phenoxy) is 1. The van der Waals surface area contributed by atoms with Gasteiger partial charge in [0, 0.05) is 11.4 Å². The van der Waals surface area contributed by atoms with Gasteiger partial charge < -0.3 is 14.5 Å². The average molecular weight is 348 g/mol. The molecule has 1 amide bonds. The minimum absolute atomic E-state index is 0.00675. The Morgan fingerprint density at radius 2 is 2.04 bits per heavy atom. The highest BCUT2D eigenvalue weighted by Gasteiger charge is 2.17. The number of carbonyl (C=O) groups excluding carboxylic acids is 1. The van der Waals surface area contributed by atoms with E-state index in [0.717, 1.165) is 16.4 Å². The highest BCUT2D eigenvalue weighted by Crippen LogP contribution is 2.21. The highest BCUT2D eigenvalue weighted by molar-refractivity contribution is 8.00. The number of likely N-dealkylation sites (N-methyl/N-ethyl adjacent to an activating group) is 1. The molecule has 1 N–H and O–H groups in total. The summed E-state index contributed by atoms with van der Waals surface area (Å²) < 4.78 is 10.8. The van der Waals surface area contributed by atoms with Crippen molar-refractivity contribution in [1.29, 1.82) is 0 Å². The zero-order chi connectivity index (χ0) is 17.4. The van der Waals surface area contributed by atoms with Gasteiger partial charge in [0.05, 0.1) is 24.7 Å². The number of hydrogen-bond acceptors (Lipinski definition) is 5. The van der Waals surface area contributed by atoms with Gasteiger partial charge in [-0.1, -0.05) is 0 Å². The predicted octanol–water partition coefficient (Wildman–Crippen LogP) is 3.19. The Balaban J connectivity index is 1.78. The van der Waals surface area contributed by atoms with Crippen molar-refractivity contribution in [3.63, 3.8) is 0 Å². The van der Waals surface area contributed by atoms with E-state index < -0.39 is 0 Å². The van der Waals surface area contributed by atoms with Gasteiger partial charge in [-0.05, 0) is 57.4 Å². The Morgan fingerprint density at radius 1 is 1.29 bits per heavy atom.